The normalized spacial score (nSPS) is 12.2. The minimum absolute atomic E-state index is 0.124. The van der Waals surface area contributed by atoms with Gasteiger partial charge in [-0.05, 0) is 29.3 Å². The van der Waals surface area contributed by atoms with E-state index < -0.39 is 6.04 Å². The van der Waals surface area contributed by atoms with Gasteiger partial charge in [-0.1, -0.05) is 20.8 Å². The fourth-order valence-corrected chi connectivity index (χ4v) is 2.27. The minimum atomic E-state index is -0.417. The zero-order valence-electron chi connectivity index (χ0n) is 9.78. The number of thiophene rings is 1. The van der Waals surface area contributed by atoms with Gasteiger partial charge < -0.3 is 5.32 Å². The Hall–Kier alpha value is -1.34. The SMILES string of the molecule is CCc1ccsc1C(=O)NC(C#N)C(C)C. The lowest BCUT2D eigenvalue weighted by atomic mass is 10.1. The zero-order chi connectivity index (χ0) is 12.1. The topological polar surface area (TPSA) is 52.9 Å². The summed E-state index contributed by atoms with van der Waals surface area (Å²) in [6.45, 7) is 5.86. The second-order valence-electron chi connectivity index (χ2n) is 3.95. The van der Waals surface area contributed by atoms with Crippen LogP contribution in [0.25, 0.3) is 0 Å². The molecule has 16 heavy (non-hydrogen) atoms. The summed E-state index contributed by atoms with van der Waals surface area (Å²) in [5, 5.41) is 13.6. The molecule has 1 N–H and O–H groups in total. The van der Waals surface area contributed by atoms with E-state index in [4.69, 9.17) is 5.26 Å². The molecule has 0 spiro atoms. The van der Waals surface area contributed by atoms with Gasteiger partial charge in [0.25, 0.3) is 5.91 Å². The van der Waals surface area contributed by atoms with Crippen molar-refractivity contribution >= 4 is 17.2 Å². The van der Waals surface area contributed by atoms with Gasteiger partial charge in [-0.15, -0.1) is 11.3 Å². The van der Waals surface area contributed by atoms with E-state index in [-0.39, 0.29) is 11.8 Å². The summed E-state index contributed by atoms with van der Waals surface area (Å²) in [5.74, 6) is -0.00825. The monoisotopic (exact) mass is 236 g/mol. The van der Waals surface area contributed by atoms with E-state index in [1.165, 1.54) is 11.3 Å². The molecule has 0 aliphatic carbocycles. The number of nitrogens with one attached hydrogen (secondary N) is 1. The van der Waals surface area contributed by atoms with Gasteiger partial charge in [0.15, 0.2) is 0 Å². The summed E-state index contributed by atoms with van der Waals surface area (Å²) in [6.07, 6.45) is 0.838. The number of hydrogen-bond donors (Lipinski definition) is 1. The molecule has 1 aromatic heterocycles. The second-order valence-corrected chi connectivity index (χ2v) is 4.87. The van der Waals surface area contributed by atoms with Gasteiger partial charge in [-0.2, -0.15) is 5.26 Å². The summed E-state index contributed by atoms with van der Waals surface area (Å²) in [7, 11) is 0. The number of nitrogens with zero attached hydrogens (tertiary/aromatic N) is 1. The summed E-state index contributed by atoms with van der Waals surface area (Å²) >= 11 is 1.42. The molecule has 1 atom stereocenters. The molecule has 1 aromatic rings. The fraction of sp³-hybridized carbons (Fsp3) is 0.500. The molecular weight excluding hydrogens is 220 g/mol. The molecule has 0 aliphatic rings. The Morgan fingerprint density at radius 1 is 1.62 bits per heavy atom. The smallest absolute Gasteiger partial charge is 0.262 e. The predicted molar refractivity (Wildman–Crippen MR) is 65.4 cm³/mol. The van der Waals surface area contributed by atoms with Crippen LogP contribution < -0.4 is 5.32 Å². The van der Waals surface area contributed by atoms with Gasteiger partial charge >= 0.3 is 0 Å². The third-order valence-electron chi connectivity index (χ3n) is 2.43. The molecule has 1 unspecified atom stereocenters. The van der Waals surface area contributed by atoms with Crippen LogP contribution in [0.15, 0.2) is 11.4 Å². The van der Waals surface area contributed by atoms with Gasteiger partial charge in [0.2, 0.25) is 0 Å². The third-order valence-corrected chi connectivity index (χ3v) is 3.38. The molecule has 0 aliphatic heterocycles. The number of amides is 1. The van der Waals surface area contributed by atoms with Crippen LogP contribution in [0.5, 0.6) is 0 Å². The molecule has 0 fully saturated rings. The summed E-state index contributed by atoms with van der Waals surface area (Å²) in [5.41, 5.74) is 1.04. The highest BCUT2D eigenvalue weighted by atomic mass is 32.1. The van der Waals surface area contributed by atoms with Crippen LogP contribution in [0.2, 0.25) is 0 Å². The first-order valence-electron chi connectivity index (χ1n) is 5.37. The van der Waals surface area contributed by atoms with Crippen molar-refractivity contribution in [3.63, 3.8) is 0 Å². The van der Waals surface area contributed by atoms with E-state index in [9.17, 15) is 4.79 Å². The Labute approximate surface area is 100 Å². The zero-order valence-corrected chi connectivity index (χ0v) is 10.6. The molecule has 4 heteroatoms. The maximum Gasteiger partial charge on any atom is 0.262 e. The number of carbonyl (C=O) groups excluding carboxylic acids is 1. The largest absolute Gasteiger partial charge is 0.335 e. The Kier molecular flexibility index (Phi) is 4.51. The van der Waals surface area contributed by atoms with Crippen LogP contribution in [0.1, 0.15) is 36.0 Å². The Morgan fingerprint density at radius 2 is 2.31 bits per heavy atom. The maximum atomic E-state index is 11.9. The van der Waals surface area contributed by atoms with Gasteiger partial charge in [0.1, 0.15) is 6.04 Å². The average molecular weight is 236 g/mol. The maximum absolute atomic E-state index is 11.9. The second kappa shape index (κ2) is 5.66. The lowest BCUT2D eigenvalue weighted by Crippen LogP contribution is -2.37. The molecule has 1 rings (SSSR count). The molecule has 0 radical (unpaired) electrons. The molecule has 86 valence electrons. The van der Waals surface area contributed by atoms with Crippen molar-refractivity contribution < 1.29 is 4.79 Å². The van der Waals surface area contributed by atoms with Crippen LogP contribution in [-0.2, 0) is 6.42 Å². The minimum Gasteiger partial charge on any atom is -0.335 e. The van der Waals surface area contributed by atoms with E-state index in [2.05, 4.69) is 11.4 Å². The van der Waals surface area contributed by atoms with Crippen molar-refractivity contribution in [1.82, 2.24) is 5.32 Å². The first-order chi connectivity index (χ1) is 7.60. The Balaban J connectivity index is 2.76. The van der Waals surface area contributed by atoms with Crippen LogP contribution in [-0.4, -0.2) is 11.9 Å². The Bertz CT molecular complexity index is 403. The van der Waals surface area contributed by atoms with Crippen molar-refractivity contribution in [2.75, 3.05) is 0 Å². The predicted octanol–water partition coefficient (Wildman–Crippen LogP) is 2.59. The number of rotatable bonds is 4. The number of hydrogen-bond acceptors (Lipinski definition) is 3. The molecule has 0 saturated carbocycles. The van der Waals surface area contributed by atoms with Gasteiger partial charge in [-0.3, -0.25) is 4.79 Å². The van der Waals surface area contributed by atoms with Crippen molar-refractivity contribution in [2.45, 2.75) is 33.2 Å². The number of carbonyl (C=O) groups is 1. The van der Waals surface area contributed by atoms with Crippen molar-refractivity contribution in [2.24, 2.45) is 5.92 Å². The highest BCUT2D eigenvalue weighted by Gasteiger charge is 2.18. The van der Waals surface area contributed by atoms with Crippen LogP contribution in [0.3, 0.4) is 0 Å². The van der Waals surface area contributed by atoms with Crippen molar-refractivity contribution in [3.8, 4) is 6.07 Å². The van der Waals surface area contributed by atoms with Gasteiger partial charge in [-0.25, -0.2) is 0 Å². The fourth-order valence-electron chi connectivity index (χ4n) is 1.37. The van der Waals surface area contributed by atoms with Gasteiger partial charge in [0.05, 0.1) is 10.9 Å². The molecule has 0 bridgehead atoms. The van der Waals surface area contributed by atoms with Crippen LogP contribution in [0, 0.1) is 17.2 Å². The number of nitriles is 1. The average Bonchev–Trinajstić information content (AvgIpc) is 2.72. The molecular formula is C12H16N2OS. The van der Waals surface area contributed by atoms with Crippen LogP contribution in [0.4, 0.5) is 0 Å². The Morgan fingerprint density at radius 3 is 2.81 bits per heavy atom. The van der Waals surface area contributed by atoms with E-state index in [1.54, 1.807) is 0 Å². The quantitative estimate of drug-likeness (QED) is 0.873. The lowest BCUT2D eigenvalue weighted by Gasteiger charge is -2.14. The molecule has 1 heterocycles. The van der Waals surface area contributed by atoms with E-state index >= 15 is 0 Å². The lowest BCUT2D eigenvalue weighted by molar-refractivity contribution is 0.0941. The first-order valence-corrected chi connectivity index (χ1v) is 6.25. The summed E-state index contributed by atoms with van der Waals surface area (Å²) in [6, 6.07) is 3.64. The van der Waals surface area contributed by atoms with Gasteiger partial charge in [0, 0.05) is 0 Å². The van der Waals surface area contributed by atoms with Crippen LogP contribution >= 0.6 is 11.3 Å². The summed E-state index contributed by atoms with van der Waals surface area (Å²) in [4.78, 5) is 12.6. The molecule has 3 nitrogen and oxygen atoms in total. The highest BCUT2D eigenvalue weighted by molar-refractivity contribution is 7.12. The number of aryl methyl sites for hydroxylation is 1. The third kappa shape index (κ3) is 2.83. The van der Waals surface area contributed by atoms with E-state index in [0.29, 0.717) is 0 Å². The molecule has 0 aromatic carbocycles. The highest BCUT2D eigenvalue weighted by Crippen LogP contribution is 2.17. The molecule has 1 amide bonds. The molecule has 0 saturated heterocycles. The van der Waals surface area contributed by atoms with E-state index in [1.807, 2.05) is 32.2 Å². The van der Waals surface area contributed by atoms with E-state index in [0.717, 1.165) is 16.9 Å². The summed E-state index contributed by atoms with van der Waals surface area (Å²) < 4.78 is 0. The van der Waals surface area contributed by atoms with Crippen molar-refractivity contribution in [1.29, 1.82) is 5.26 Å². The van der Waals surface area contributed by atoms with Crippen molar-refractivity contribution in [3.05, 3.63) is 21.9 Å². The standard InChI is InChI=1S/C12H16N2OS/c1-4-9-5-6-16-11(9)12(15)14-10(7-13)8(2)3/h5-6,8,10H,4H2,1-3H3,(H,14,15). The first kappa shape index (κ1) is 12.7.